The van der Waals surface area contributed by atoms with Gasteiger partial charge in [0, 0.05) is 12.6 Å². The van der Waals surface area contributed by atoms with Crippen molar-refractivity contribution < 1.29 is 4.74 Å². The van der Waals surface area contributed by atoms with Crippen molar-refractivity contribution in [2.75, 3.05) is 6.61 Å². The SMILES string of the molecule is BC(CCC)OCCC. The van der Waals surface area contributed by atoms with Crippen LogP contribution in [0, 0.1) is 0 Å². The Kier molecular flexibility index (Phi) is 6.17. The van der Waals surface area contributed by atoms with Crippen LogP contribution in [0.2, 0.25) is 0 Å². The number of hydrogen-bond acceptors (Lipinski definition) is 1. The van der Waals surface area contributed by atoms with E-state index in [2.05, 4.69) is 21.7 Å². The number of ether oxygens (including phenoxy) is 1. The van der Waals surface area contributed by atoms with Crippen LogP contribution in [-0.4, -0.2) is 20.5 Å². The van der Waals surface area contributed by atoms with Crippen molar-refractivity contribution in [3.63, 3.8) is 0 Å². The summed E-state index contributed by atoms with van der Waals surface area (Å²) in [6, 6.07) is 0.468. The molecule has 0 amide bonds. The lowest BCUT2D eigenvalue weighted by Crippen LogP contribution is -2.12. The Hall–Kier alpha value is 0.0249. The monoisotopic (exact) mass is 128 g/mol. The summed E-state index contributed by atoms with van der Waals surface area (Å²) in [5.41, 5.74) is 0. The molecule has 0 aliphatic heterocycles. The Labute approximate surface area is 59.2 Å². The molecule has 0 saturated heterocycles. The van der Waals surface area contributed by atoms with Crippen LogP contribution in [0.3, 0.4) is 0 Å². The largest absolute Gasteiger partial charge is 0.387 e. The minimum Gasteiger partial charge on any atom is -0.387 e. The molecule has 0 aromatic rings. The zero-order valence-corrected chi connectivity index (χ0v) is 6.81. The normalized spacial score (nSPS) is 13.6. The summed E-state index contributed by atoms with van der Waals surface area (Å²) < 4.78 is 5.43. The summed E-state index contributed by atoms with van der Waals surface area (Å²) >= 11 is 0. The van der Waals surface area contributed by atoms with Gasteiger partial charge in [-0.05, 0) is 12.8 Å². The van der Waals surface area contributed by atoms with Gasteiger partial charge in [0.15, 0.2) is 0 Å². The van der Waals surface area contributed by atoms with Gasteiger partial charge in [-0.2, -0.15) is 0 Å². The first-order valence-corrected chi connectivity index (χ1v) is 3.92. The Morgan fingerprint density at radius 2 is 2.00 bits per heavy atom. The van der Waals surface area contributed by atoms with Crippen LogP contribution in [0.4, 0.5) is 0 Å². The third-order valence-electron chi connectivity index (χ3n) is 1.30. The van der Waals surface area contributed by atoms with Crippen molar-refractivity contribution in [2.24, 2.45) is 0 Å². The zero-order valence-electron chi connectivity index (χ0n) is 6.81. The van der Waals surface area contributed by atoms with Crippen LogP contribution in [-0.2, 0) is 4.74 Å². The summed E-state index contributed by atoms with van der Waals surface area (Å²) in [6.45, 7) is 5.24. The van der Waals surface area contributed by atoms with Gasteiger partial charge in [0.1, 0.15) is 7.85 Å². The molecule has 0 radical (unpaired) electrons. The van der Waals surface area contributed by atoms with Gasteiger partial charge < -0.3 is 4.74 Å². The van der Waals surface area contributed by atoms with E-state index in [-0.39, 0.29) is 0 Å². The molecule has 0 N–H and O–H groups in total. The first kappa shape index (κ1) is 9.02. The fourth-order valence-electron chi connectivity index (χ4n) is 0.809. The molecule has 0 spiro atoms. The molecular weight excluding hydrogens is 111 g/mol. The lowest BCUT2D eigenvalue weighted by molar-refractivity contribution is 0.101. The molecule has 0 aromatic carbocycles. The van der Waals surface area contributed by atoms with Crippen LogP contribution in [0.25, 0.3) is 0 Å². The standard InChI is InChI=1S/C7H17BO/c1-3-5-7(8)9-6-4-2/h7H,3-6,8H2,1-2H3. The van der Waals surface area contributed by atoms with E-state index in [0.29, 0.717) is 6.00 Å². The fourth-order valence-corrected chi connectivity index (χ4v) is 0.809. The third kappa shape index (κ3) is 5.90. The quantitative estimate of drug-likeness (QED) is 0.505. The molecular formula is C7H17BO. The summed E-state index contributed by atoms with van der Waals surface area (Å²) in [5.74, 6) is 0. The molecule has 0 rings (SSSR count). The topological polar surface area (TPSA) is 9.23 Å². The van der Waals surface area contributed by atoms with E-state index in [4.69, 9.17) is 4.74 Å². The molecule has 0 aliphatic carbocycles. The molecule has 0 aliphatic rings. The first-order valence-electron chi connectivity index (χ1n) is 3.92. The molecule has 2 heteroatoms. The van der Waals surface area contributed by atoms with Gasteiger partial charge in [-0.3, -0.25) is 0 Å². The van der Waals surface area contributed by atoms with Gasteiger partial charge in [-0.25, -0.2) is 0 Å². The Bertz CT molecular complexity index is 56.9. The Balaban J connectivity index is 2.95. The van der Waals surface area contributed by atoms with E-state index < -0.39 is 0 Å². The maximum atomic E-state index is 5.43. The van der Waals surface area contributed by atoms with Crippen molar-refractivity contribution in [3.8, 4) is 0 Å². The van der Waals surface area contributed by atoms with E-state index in [1.807, 2.05) is 0 Å². The summed E-state index contributed by atoms with van der Waals surface area (Å²) in [4.78, 5) is 0. The lowest BCUT2D eigenvalue weighted by Gasteiger charge is -2.09. The second-order valence-electron chi connectivity index (χ2n) is 2.47. The molecule has 0 heterocycles. The molecule has 0 saturated carbocycles. The summed E-state index contributed by atoms with van der Waals surface area (Å²) in [5, 5.41) is 0. The lowest BCUT2D eigenvalue weighted by atomic mass is 9.95. The molecule has 1 nitrogen and oxygen atoms in total. The smallest absolute Gasteiger partial charge is 0.139 e. The minimum atomic E-state index is 0.468. The maximum absolute atomic E-state index is 5.43. The van der Waals surface area contributed by atoms with E-state index in [0.717, 1.165) is 13.0 Å². The van der Waals surface area contributed by atoms with Gasteiger partial charge in [-0.1, -0.05) is 20.3 Å². The predicted molar refractivity (Wildman–Crippen MR) is 43.5 cm³/mol. The van der Waals surface area contributed by atoms with Gasteiger partial charge in [0.05, 0.1) is 0 Å². The average molecular weight is 128 g/mol. The molecule has 9 heavy (non-hydrogen) atoms. The van der Waals surface area contributed by atoms with E-state index >= 15 is 0 Å². The predicted octanol–water partition coefficient (Wildman–Crippen LogP) is 1.17. The molecule has 0 bridgehead atoms. The first-order chi connectivity index (χ1) is 4.31. The molecule has 1 atom stereocenters. The zero-order chi connectivity index (χ0) is 7.11. The van der Waals surface area contributed by atoms with Crippen LogP contribution in [0.5, 0.6) is 0 Å². The molecule has 0 aromatic heterocycles. The van der Waals surface area contributed by atoms with Crippen molar-refractivity contribution in [2.45, 2.75) is 39.1 Å². The number of hydrogen-bond donors (Lipinski definition) is 0. The minimum absolute atomic E-state index is 0.468. The average Bonchev–Trinajstić information content (AvgIpc) is 1.85. The highest BCUT2D eigenvalue weighted by Gasteiger charge is 1.97. The van der Waals surface area contributed by atoms with Crippen LogP contribution < -0.4 is 0 Å². The van der Waals surface area contributed by atoms with E-state index in [1.165, 1.54) is 12.8 Å². The van der Waals surface area contributed by atoms with Crippen LogP contribution in [0.15, 0.2) is 0 Å². The highest BCUT2D eigenvalue weighted by atomic mass is 16.5. The van der Waals surface area contributed by atoms with Gasteiger partial charge >= 0.3 is 0 Å². The van der Waals surface area contributed by atoms with Crippen molar-refractivity contribution in [1.29, 1.82) is 0 Å². The van der Waals surface area contributed by atoms with Gasteiger partial charge in [0.25, 0.3) is 0 Å². The maximum Gasteiger partial charge on any atom is 0.139 e. The van der Waals surface area contributed by atoms with Gasteiger partial charge in [0.2, 0.25) is 0 Å². The third-order valence-corrected chi connectivity index (χ3v) is 1.30. The van der Waals surface area contributed by atoms with E-state index in [1.54, 1.807) is 0 Å². The Morgan fingerprint density at radius 1 is 1.33 bits per heavy atom. The summed E-state index contributed by atoms with van der Waals surface area (Å²) in [6.07, 6.45) is 3.55. The highest BCUT2D eigenvalue weighted by molar-refractivity contribution is 6.10. The second-order valence-corrected chi connectivity index (χ2v) is 2.47. The molecule has 54 valence electrons. The van der Waals surface area contributed by atoms with Crippen molar-refractivity contribution in [1.82, 2.24) is 0 Å². The Morgan fingerprint density at radius 3 is 2.44 bits per heavy atom. The fraction of sp³-hybridized carbons (Fsp3) is 1.00. The number of rotatable bonds is 5. The van der Waals surface area contributed by atoms with Gasteiger partial charge in [-0.15, -0.1) is 0 Å². The van der Waals surface area contributed by atoms with Crippen molar-refractivity contribution >= 4 is 7.85 Å². The van der Waals surface area contributed by atoms with Crippen LogP contribution >= 0.6 is 0 Å². The second kappa shape index (κ2) is 6.15. The highest BCUT2D eigenvalue weighted by Crippen LogP contribution is 1.97. The summed E-state index contributed by atoms with van der Waals surface area (Å²) in [7, 11) is 2.14. The van der Waals surface area contributed by atoms with Crippen molar-refractivity contribution in [3.05, 3.63) is 0 Å². The van der Waals surface area contributed by atoms with E-state index in [9.17, 15) is 0 Å². The molecule has 0 fully saturated rings. The molecule has 1 unspecified atom stereocenters. The van der Waals surface area contributed by atoms with Crippen LogP contribution in [0.1, 0.15) is 33.1 Å².